The van der Waals surface area contributed by atoms with E-state index in [-0.39, 0.29) is 12.0 Å². The second-order valence-corrected chi connectivity index (χ2v) is 5.39. The Morgan fingerprint density at radius 3 is 3.05 bits per heavy atom. The highest BCUT2D eigenvalue weighted by Crippen LogP contribution is 2.31. The SMILES string of the molecule is c1ccc2c(c1)CC(c1noc(C3COCCN3)n1)CO2. The molecule has 110 valence electrons. The fourth-order valence-corrected chi connectivity index (χ4v) is 2.77. The van der Waals surface area contributed by atoms with Crippen molar-refractivity contribution in [2.45, 2.75) is 18.4 Å². The van der Waals surface area contributed by atoms with E-state index in [0.717, 1.165) is 25.3 Å². The van der Waals surface area contributed by atoms with E-state index in [9.17, 15) is 0 Å². The first-order valence-electron chi connectivity index (χ1n) is 7.25. The molecule has 1 aromatic carbocycles. The number of aromatic nitrogens is 2. The topological polar surface area (TPSA) is 69.4 Å². The molecule has 0 aliphatic carbocycles. The molecule has 1 saturated heterocycles. The summed E-state index contributed by atoms with van der Waals surface area (Å²) in [5.74, 6) is 2.41. The number of hydrogen-bond acceptors (Lipinski definition) is 6. The first kappa shape index (κ1) is 12.8. The highest BCUT2D eigenvalue weighted by atomic mass is 16.5. The molecule has 2 unspecified atom stereocenters. The quantitative estimate of drug-likeness (QED) is 0.901. The number of para-hydroxylation sites is 1. The van der Waals surface area contributed by atoms with Crippen LogP contribution < -0.4 is 10.1 Å². The Balaban J connectivity index is 1.51. The Hall–Kier alpha value is -1.92. The van der Waals surface area contributed by atoms with Crippen LogP contribution in [0.4, 0.5) is 0 Å². The van der Waals surface area contributed by atoms with Gasteiger partial charge in [-0.25, -0.2) is 0 Å². The minimum Gasteiger partial charge on any atom is -0.493 e. The summed E-state index contributed by atoms with van der Waals surface area (Å²) < 4.78 is 16.6. The average molecular weight is 287 g/mol. The van der Waals surface area contributed by atoms with Crippen molar-refractivity contribution in [3.8, 4) is 5.75 Å². The smallest absolute Gasteiger partial charge is 0.246 e. The number of fused-ring (bicyclic) bond motifs is 1. The molecule has 0 bridgehead atoms. The minimum atomic E-state index is -0.00297. The monoisotopic (exact) mass is 287 g/mol. The van der Waals surface area contributed by atoms with E-state index in [2.05, 4.69) is 21.5 Å². The summed E-state index contributed by atoms with van der Waals surface area (Å²) in [5.41, 5.74) is 1.19. The van der Waals surface area contributed by atoms with Gasteiger partial charge in [-0.3, -0.25) is 0 Å². The van der Waals surface area contributed by atoms with Crippen LogP contribution in [0.1, 0.15) is 29.2 Å². The summed E-state index contributed by atoms with van der Waals surface area (Å²) >= 11 is 0. The standard InChI is InChI=1S/C15H17N3O3/c1-2-4-13-10(3-1)7-11(8-20-13)14-17-15(21-18-14)12-9-19-6-5-16-12/h1-4,11-12,16H,5-9H2. The summed E-state index contributed by atoms with van der Waals surface area (Å²) in [6, 6.07) is 8.09. The first-order chi connectivity index (χ1) is 10.4. The Bertz CT molecular complexity index is 622. The lowest BCUT2D eigenvalue weighted by molar-refractivity contribution is 0.0659. The number of nitrogens with zero attached hydrogens (tertiary/aromatic N) is 2. The highest BCUT2D eigenvalue weighted by Gasteiger charge is 2.28. The van der Waals surface area contributed by atoms with Gasteiger partial charge in [-0.15, -0.1) is 0 Å². The van der Waals surface area contributed by atoms with E-state index in [4.69, 9.17) is 14.0 Å². The normalized spacial score (nSPS) is 25.1. The van der Waals surface area contributed by atoms with Gasteiger partial charge < -0.3 is 19.3 Å². The molecule has 3 heterocycles. The molecule has 2 aliphatic rings. The van der Waals surface area contributed by atoms with Gasteiger partial charge in [0, 0.05) is 6.54 Å². The molecular weight excluding hydrogens is 270 g/mol. The van der Waals surface area contributed by atoms with Crippen LogP contribution >= 0.6 is 0 Å². The van der Waals surface area contributed by atoms with Gasteiger partial charge in [0.05, 0.1) is 25.7 Å². The third kappa shape index (κ3) is 2.52. The number of benzene rings is 1. The molecule has 2 aliphatic heterocycles. The van der Waals surface area contributed by atoms with Gasteiger partial charge in [0.2, 0.25) is 5.89 Å². The van der Waals surface area contributed by atoms with E-state index in [0.29, 0.717) is 24.9 Å². The first-order valence-corrected chi connectivity index (χ1v) is 7.25. The zero-order chi connectivity index (χ0) is 14.1. The van der Waals surface area contributed by atoms with Crippen molar-refractivity contribution in [3.05, 3.63) is 41.5 Å². The molecule has 0 amide bonds. The molecular formula is C15H17N3O3. The lowest BCUT2D eigenvalue weighted by Gasteiger charge is -2.23. The van der Waals surface area contributed by atoms with E-state index >= 15 is 0 Å². The van der Waals surface area contributed by atoms with E-state index < -0.39 is 0 Å². The fraction of sp³-hybridized carbons (Fsp3) is 0.467. The summed E-state index contributed by atoms with van der Waals surface area (Å²) in [6.07, 6.45) is 0.879. The third-order valence-electron chi connectivity index (χ3n) is 3.92. The summed E-state index contributed by atoms with van der Waals surface area (Å²) in [6.45, 7) is 2.70. The average Bonchev–Trinajstić information content (AvgIpc) is 3.05. The summed E-state index contributed by atoms with van der Waals surface area (Å²) in [5, 5.41) is 7.44. The van der Waals surface area contributed by atoms with E-state index in [1.165, 1.54) is 5.56 Å². The molecule has 0 saturated carbocycles. The van der Waals surface area contributed by atoms with Crippen molar-refractivity contribution in [2.75, 3.05) is 26.4 Å². The molecule has 1 N–H and O–H groups in total. The molecule has 2 atom stereocenters. The molecule has 0 spiro atoms. The van der Waals surface area contributed by atoms with Crippen LogP contribution in [0.5, 0.6) is 5.75 Å². The van der Waals surface area contributed by atoms with Crippen molar-refractivity contribution in [1.29, 1.82) is 0 Å². The number of rotatable bonds is 2. The Labute approximate surface area is 122 Å². The lowest BCUT2D eigenvalue weighted by atomic mass is 9.96. The number of nitrogens with one attached hydrogen (secondary N) is 1. The molecule has 6 heteroatoms. The van der Waals surface area contributed by atoms with Gasteiger partial charge in [0.1, 0.15) is 11.8 Å². The van der Waals surface area contributed by atoms with Gasteiger partial charge >= 0.3 is 0 Å². The third-order valence-corrected chi connectivity index (χ3v) is 3.92. The van der Waals surface area contributed by atoms with Crippen molar-refractivity contribution >= 4 is 0 Å². The highest BCUT2D eigenvalue weighted by molar-refractivity contribution is 5.36. The predicted octanol–water partition coefficient (Wildman–Crippen LogP) is 1.45. The van der Waals surface area contributed by atoms with Gasteiger partial charge in [-0.2, -0.15) is 4.98 Å². The summed E-state index contributed by atoms with van der Waals surface area (Å²) in [7, 11) is 0. The van der Waals surface area contributed by atoms with Gasteiger partial charge in [-0.05, 0) is 18.1 Å². The molecule has 2 aromatic rings. The number of ether oxygens (including phenoxy) is 2. The van der Waals surface area contributed by atoms with Crippen LogP contribution in [0, 0.1) is 0 Å². The fourth-order valence-electron chi connectivity index (χ4n) is 2.77. The lowest BCUT2D eigenvalue weighted by Crippen LogP contribution is -2.34. The van der Waals surface area contributed by atoms with Gasteiger partial charge in [0.15, 0.2) is 5.82 Å². The summed E-state index contributed by atoms with van der Waals surface area (Å²) in [4.78, 5) is 4.53. The Morgan fingerprint density at radius 2 is 2.14 bits per heavy atom. The number of hydrogen-bond donors (Lipinski definition) is 1. The molecule has 1 fully saturated rings. The molecule has 1 aromatic heterocycles. The second kappa shape index (κ2) is 5.46. The zero-order valence-electron chi connectivity index (χ0n) is 11.6. The van der Waals surface area contributed by atoms with Crippen LogP contribution in [0.15, 0.2) is 28.8 Å². The van der Waals surface area contributed by atoms with Crippen molar-refractivity contribution in [3.63, 3.8) is 0 Å². The number of morpholine rings is 1. The van der Waals surface area contributed by atoms with Crippen LogP contribution in [-0.2, 0) is 11.2 Å². The minimum absolute atomic E-state index is 0.00297. The van der Waals surface area contributed by atoms with Gasteiger partial charge in [0.25, 0.3) is 0 Å². The molecule has 0 radical (unpaired) electrons. The van der Waals surface area contributed by atoms with Crippen molar-refractivity contribution in [1.82, 2.24) is 15.5 Å². The second-order valence-electron chi connectivity index (χ2n) is 5.39. The van der Waals surface area contributed by atoms with E-state index in [1.54, 1.807) is 0 Å². The van der Waals surface area contributed by atoms with Crippen molar-refractivity contribution in [2.24, 2.45) is 0 Å². The van der Waals surface area contributed by atoms with Crippen LogP contribution in [0.2, 0.25) is 0 Å². The molecule has 4 rings (SSSR count). The predicted molar refractivity (Wildman–Crippen MR) is 74.2 cm³/mol. The Kier molecular flexibility index (Phi) is 3.33. The maximum absolute atomic E-state index is 5.78. The van der Waals surface area contributed by atoms with Crippen LogP contribution in [-0.4, -0.2) is 36.5 Å². The zero-order valence-corrected chi connectivity index (χ0v) is 11.6. The van der Waals surface area contributed by atoms with Crippen molar-refractivity contribution < 1.29 is 14.0 Å². The Morgan fingerprint density at radius 1 is 1.19 bits per heavy atom. The van der Waals surface area contributed by atoms with Crippen LogP contribution in [0.25, 0.3) is 0 Å². The van der Waals surface area contributed by atoms with Gasteiger partial charge in [-0.1, -0.05) is 23.4 Å². The van der Waals surface area contributed by atoms with E-state index in [1.807, 2.05) is 18.2 Å². The molecule has 6 nitrogen and oxygen atoms in total. The maximum atomic E-state index is 5.78. The largest absolute Gasteiger partial charge is 0.493 e. The molecule has 21 heavy (non-hydrogen) atoms. The maximum Gasteiger partial charge on any atom is 0.246 e. The van der Waals surface area contributed by atoms with Crippen LogP contribution in [0.3, 0.4) is 0 Å².